The molecular formula is C23H22O. The molecule has 0 aliphatic rings. The summed E-state index contributed by atoms with van der Waals surface area (Å²) >= 11 is 0. The monoisotopic (exact) mass is 314 g/mol. The molecule has 0 bridgehead atoms. The second kappa shape index (κ2) is 7.65. The van der Waals surface area contributed by atoms with E-state index in [2.05, 4.69) is 36.9 Å². The van der Waals surface area contributed by atoms with E-state index < -0.39 is 0 Å². The van der Waals surface area contributed by atoms with E-state index >= 15 is 0 Å². The van der Waals surface area contributed by atoms with Crippen LogP contribution in [0.5, 0.6) is 5.75 Å². The van der Waals surface area contributed by atoms with Crippen molar-refractivity contribution in [2.24, 2.45) is 0 Å². The summed E-state index contributed by atoms with van der Waals surface area (Å²) in [6.07, 6.45) is 4.29. The van der Waals surface area contributed by atoms with Gasteiger partial charge in [0.1, 0.15) is 5.75 Å². The first-order valence-corrected chi connectivity index (χ1v) is 8.28. The largest absolute Gasteiger partial charge is 0.508 e. The average Bonchev–Trinajstić information content (AvgIpc) is 2.61. The molecule has 0 radical (unpaired) electrons. The molecule has 0 aromatic heterocycles. The highest BCUT2D eigenvalue weighted by Crippen LogP contribution is 2.27. The molecule has 3 aromatic rings. The maximum Gasteiger partial charge on any atom is 0.119 e. The fraction of sp³-hybridized carbons (Fsp3) is 0.130. The predicted octanol–water partition coefficient (Wildman–Crippen LogP) is 5.30. The van der Waals surface area contributed by atoms with Gasteiger partial charge >= 0.3 is 0 Å². The highest BCUT2D eigenvalue weighted by Gasteiger charge is 2.10. The minimum atomic E-state index is 0.373. The molecule has 0 aliphatic heterocycles. The maximum atomic E-state index is 10.5. The average molecular weight is 314 g/mol. The topological polar surface area (TPSA) is 20.2 Å². The molecule has 0 saturated heterocycles. The van der Waals surface area contributed by atoms with Gasteiger partial charge in [0.15, 0.2) is 0 Å². The molecule has 0 unspecified atom stereocenters. The van der Waals surface area contributed by atoms with Crippen molar-refractivity contribution in [1.29, 1.82) is 0 Å². The summed E-state index contributed by atoms with van der Waals surface area (Å²) < 4.78 is 0. The van der Waals surface area contributed by atoms with E-state index in [4.69, 9.17) is 0 Å². The van der Waals surface area contributed by atoms with E-state index in [9.17, 15) is 5.11 Å². The lowest BCUT2D eigenvalue weighted by Gasteiger charge is -2.13. The van der Waals surface area contributed by atoms with Crippen LogP contribution in [0.25, 0.3) is 0 Å². The summed E-state index contributed by atoms with van der Waals surface area (Å²) in [5.74, 6) is 0.373. The van der Waals surface area contributed by atoms with Gasteiger partial charge < -0.3 is 5.11 Å². The number of rotatable bonds is 6. The zero-order valence-corrected chi connectivity index (χ0v) is 13.8. The zero-order valence-electron chi connectivity index (χ0n) is 13.8. The van der Waals surface area contributed by atoms with Gasteiger partial charge in [0, 0.05) is 6.42 Å². The molecule has 3 rings (SSSR count). The molecule has 24 heavy (non-hydrogen) atoms. The third-order valence-electron chi connectivity index (χ3n) is 4.24. The third-order valence-corrected chi connectivity index (χ3v) is 4.24. The first kappa shape index (κ1) is 16.1. The van der Waals surface area contributed by atoms with Crippen molar-refractivity contribution in [3.05, 3.63) is 113 Å². The van der Waals surface area contributed by atoms with Crippen molar-refractivity contribution in [2.75, 3.05) is 0 Å². The van der Waals surface area contributed by atoms with Gasteiger partial charge in [-0.15, -0.1) is 6.58 Å². The van der Waals surface area contributed by atoms with Crippen molar-refractivity contribution in [3.63, 3.8) is 0 Å². The van der Waals surface area contributed by atoms with Crippen LogP contribution in [-0.2, 0) is 19.3 Å². The van der Waals surface area contributed by atoms with E-state index in [0.29, 0.717) is 5.75 Å². The minimum Gasteiger partial charge on any atom is -0.508 e. The first-order chi connectivity index (χ1) is 11.8. The Hall–Kier alpha value is -2.80. The molecule has 0 aliphatic carbocycles. The number of hydrogen-bond donors (Lipinski definition) is 1. The van der Waals surface area contributed by atoms with Gasteiger partial charge in [-0.3, -0.25) is 0 Å². The van der Waals surface area contributed by atoms with Crippen molar-refractivity contribution >= 4 is 0 Å². The van der Waals surface area contributed by atoms with Crippen LogP contribution in [0.15, 0.2) is 85.5 Å². The van der Waals surface area contributed by atoms with Crippen LogP contribution in [0.4, 0.5) is 0 Å². The summed E-state index contributed by atoms with van der Waals surface area (Å²) in [5.41, 5.74) is 5.81. The number of benzene rings is 3. The van der Waals surface area contributed by atoms with Crippen LogP contribution in [0.1, 0.15) is 27.8 Å². The minimum absolute atomic E-state index is 0.373. The Morgan fingerprint density at radius 1 is 0.708 bits per heavy atom. The van der Waals surface area contributed by atoms with Crippen LogP contribution in [-0.4, -0.2) is 5.11 Å². The quantitative estimate of drug-likeness (QED) is 0.612. The standard InChI is InChI=1S/C23H22O/c1-2-9-20-16-22(15-19-12-7-4-8-13-19)23(24)17-21(20)14-18-10-5-3-6-11-18/h2-8,10-13,16-17,24H,1,9,14-15H2. The van der Waals surface area contributed by atoms with Crippen LogP contribution in [0.3, 0.4) is 0 Å². The molecule has 0 amide bonds. The number of phenolic OH excluding ortho intramolecular Hbond substituents is 1. The van der Waals surface area contributed by atoms with Gasteiger partial charge in [-0.1, -0.05) is 72.8 Å². The lowest BCUT2D eigenvalue weighted by atomic mass is 9.93. The van der Waals surface area contributed by atoms with E-state index in [0.717, 1.165) is 30.4 Å². The second-order valence-electron chi connectivity index (χ2n) is 6.07. The molecule has 1 nitrogen and oxygen atoms in total. The summed E-state index contributed by atoms with van der Waals surface area (Å²) in [6, 6.07) is 24.6. The Morgan fingerprint density at radius 3 is 1.79 bits per heavy atom. The smallest absolute Gasteiger partial charge is 0.119 e. The predicted molar refractivity (Wildman–Crippen MR) is 101 cm³/mol. The highest BCUT2D eigenvalue weighted by atomic mass is 16.3. The first-order valence-electron chi connectivity index (χ1n) is 8.28. The van der Waals surface area contributed by atoms with E-state index in [1.165, 1.54) is 16.7 Å². The Kier molecular flexibility index (Phi) is 5.12. The lowest BCUT2D eigenvalue weighted by Crippen LogP contribution is -1.99. The molecule has 0 heterocycles. The van der Waals surface area contributed by atoms with Gasteiger partial charge in [0.05, 0.1) is 0 Å². The van der Waals surface area contributed by atoms with Crippen LogP contribution in [0.2, 0.25) is 0 Å². The molecule has 0 fully saturated rings. The number of phenols is 1. The molecule has 3 aromatic carbocycles. The van der Waals surface area contributed by atoms with Crippen LogP contribution in [0, 0.1) is 0 Å². The Balaban J connectivity index is 1.92. The number of allylic oxidation sites excluding steroid dienone is 1. The molecule has 0 saturated carbocycles. The van der Waals surface area contributed by atoms with E-state index in [-0.39, 0.29) is 0 Å². The van der Waals surface area contributed by atoms with Crippen molar-refractivity contribution in [2.45, 2.75) is 19.3 Å². The van der Waals surface area contributed by atoms with Gasteiger partial charge in [-0.2, -0.15) is 0 Å². The summed E-state index contributed by atoms with van der Waals surface area (Å²) in [4.78, 5) is 0. The third kappa shape index (κ3) is 3.94. The SMILES string of the molecule is C=CCc1cc(Cc2ccccc2)c(O)cc1Cc1ccccc1. The molecular weight excluding hydrogens is 292 g/mol. The van der Waals surface area contributed by atoms with E-state index in [1.807, 2.05) is 48.5 Å². The Bertz CT molecular complexity index is 804. The number of aromatic hydroxyl groups is 1. The summed E-state index contributed by atoms with van der Waals surface area (Å²) in [6.45, 7) is 3.88. The molecule has 0 atom stereocenters. The number of hydrogen-bond acceptors (Lipinski definition) is 1. The lowest BCUT2D eigenvalue weighted by molar-refractivity contribution is 0.468. The fourth-order valence-corrected chi connectivity index (χ4v) is 3.01. The molecule has 1 heteroatoms. The highest BCUT2D eigenvalue weighted by molar-refractivity contribution is 5.46. The van der Waals surface area contributed by atoms with E-state index in [1.54, 1.807) is 0 Å². The summed E-state index contributed by atoms with van der Waals surface area (Å²) in [5, 5.41) is 10.5. The van der Waals surface area contributed by atoms with Crippen LogP contribution >= 0.6 is 0 Å². The van der Waals surface area contributed by atoms with Crippen LogP contribution < -0.4 is 0 Å². The van der Waals surface area contributed by atoms with Crippen molar-refractivity contribution < 1.29 is 5.11 Å². The van der Waals surface area contributed by atoms with Gasteiger partial charge in [-0.05, 0) is 46.7 Å². The zero-order chi connectivity index (χ0) is 16.8. The Labute approximate surface area is 143 Å². The summed E-state index contributed by atoms with van der Waals surface area (Å²) in [7, 11) is 0. The molecule has 120 valence electrons. The Morgan fingerprint density at radius 2 is 1.25 bits per heavy atom. The van der Waals surface area contributed by atoms with Gasteiger partial charge in [0.25, 0.3) is 0 Å². The molecule has 0 spiro atoms. The second-order valence-corrected chi connectivity index (χ2v) is 6.07. The maximum absolute atomic E-state index is 10.5. The normalized spacial score (nSPS) is 10.5. The fourth-order valence-electron chi connectivity index (χ4n) is 3.01. The van der Waals surface area contributed by atoms with Gasteiger partial charge in [0.2, 0.25) is 0 Å². The molecule has 1 N–H and O–H groups in total. The van der Waals surface area contributed by atoms with Gasteiger partial charge in [-0.25, -0.2) is 0 Å². The van der Waals surface area contributed by atoms with Crippen molar-refractivity contribution in [1.82, 2.24) is 0 Å². The van der Waals surface area contributed by atoms with Crippen molar-refractivity contribution in [3.8, 4) is 5.75 Å².